The van der Waals surface area contributed by atoms with Crippen LogP contribution < -0.4 is 10.3 Å². The molecule has 3 aromatic rings. The van der Waals surface area contributed by atoms with E-state index in [1.807, 2.05) is 29.6 Å². The lowest BCUT2D eigenvalue weighted by Crippen LogP contribution is -2.43. The van der Waals surface area contributed by atoms with Crippen LogP contribution in [0.3, 0.4) is 0 Å². The standard InChI is InChI=1S/C20H21N3O4S/c1-13-21-19-18(16(12-28-19)14-3-5-15(26-2)6-4-14)20(25)23(13)11-17(24)22-7-9-27-10-8-22/h3-6,12H,7-11H2,1-2H3. The lowest BCUT2D eigenvalue weighted by molar-refractivity contribution is -0.136. The van der Waals surface area contributed by atoms with Crippen LogP contribution in [0.1, 0.15) is 5.82 Å². The Bertz CT molecular complexity index is 1070. The van der Waals surface area contributed by atoms with Gasteiger partial charge in [0.05, 0.1) is 25.7 Å². The highest BCUT2D eigenvalue weighted by atomic mass is 32.1. The molecule has 1 saturated heterocycles. The number of aryl methyl sites for hydroxylation is 1. The number of hydrogen-bond acceptors (Lipinski definition) is 6. The fraction of sp³-hybridized carbons (Fsp3) is 0.350. The topological polar surface area (TPSA) is 73.7 Å². The van der Waals surface area contributed by atoms with Gasteiger partial charge in [-0.2, -0.15) is 0 Å². The average molecular weight is 399 g/mol. The summed E-state index contributed by atoms with van der Waals surface area (Å²) in [5.74, 6) is 1.21. The van der Waals surface area contributed by atoms with Crippen LogP contribution in [0.2, 0.25) is 0 Å². The second-order valence-electron chi connectivity index (χ2n) is 6.60. The van der Waals surface area contributed by atoms with E-state index in [0.717, 1.165) is 16.9 Å². The molecule has 7 nitrogen and oxygen atoms in total. The Hall–Kier alpha value is -2.71. The van der Waals surface area contributed by atoms with E-state index in [0.29, 0.717) is 42.3 Å². The molecule has 1 aromatic carbocycles. The maximum atomic E-state index is 13.3. The third kappa shape index (κ3) is 3.41. The van der Waals surface area contributed by atoms with Gasteiger partial charge in [0.15, 0.2) is 0 Å². The Kier molecular flexibility index (Phi) is 5.15. The number of hydrogen-bond donors (Lipinski definition) is 0. The third-order valence-corrected chi connectivity index (χ3v) is 5.82. The number of thiophene rings is 1. The minimum Gasteiger partial charge on any atom is -0.497 e. The van der Waals surface area contributed by atoms with Crippen LogP contribution in [0.15, 0.2) is 34.4 Å². The number of nitrogens with zero attached hydrogens (tertiary/aromatic N) is 3. The van der Waals surface area contributed by atoms with Gasteiger partial charge in [-0.05, 0) is 24.6 Å². The first kappa shape index (κ1) is 18.6. The number of carbonyl (C=O) groups excluding carboxylic acids is 1. The summed E-state index contributed by atoms with van der Waals surface area (Å²) >= 11 is 1.44. The van der Waals surface area contributed by atoms with E-state index in [4.69, 9.17) is 9.47 Å². The zero-order valence-corrected chi connectivity index (χ0v) is 16.6. The Labute approximate surface area is 166 Å². The number of ether oxygens (including phenoxy) is 2. The number of carbonyl (C=O) groups is 1. The Morgan fingerprint density at radius 1 is 1.25 bits per heavy atom. The van der Waals surface area contributed by atoms with Gasteiger partial charge < -0.3 is 14.4 Å². The number of morpholine rings is 1. The predicted molar refractivity (Wildman–Crippen MR) is 108 cm³/mol. The molecule has 0 radical (unpaired) electrons. The highest BCUT2D eigenvalue weighted by Gasteiger charge is 2.21. The summed E-state index contributed by atoms with van der Waals surface area (Å²) in [6.07, 6.45) is 0. The molecule has 1 amide bonds. The number of benzene rings is 1. The molecule has 1 fully saturated rings. The van der Waals surface area contributed by atoms with Crippen LogP contribution in [0.4, 0.5) is 0 Å². The zero-order valence-electron chi connectivity index (χ0n) is 15.8. The van der Waals surface area contributed by atoms with Crippen LogP contribution in [-0.4, -0.2) is 53.8 Å². The van der Waals surface area contributed by atoms with E-state index >= 15 is 0 Å². The van der Waals surface area contributed by atoms with Crippen LogP contribution in [0, 0.1) is 6.92 Å². The number of rotatable bonds is 4. The van der Waals surface area contributed by atoms with Gasteiger partial charge >= 0.3 is 0 Å². The van der Waals surface area contributed by atoms with Crippen molar-refractivity contribution in [3.8, 4) is 16.9 Å². The molecular weight excluding hydrogens is 378 g/mol. The molecule has 1 aliphatic rings. The van der Waals surface area contributed by atoms with E-state index in [-0.39, 0.29) is 18.0 Å². The van der Waals surface area contributed by atoms with Crippen molar-refractivity contribution in [2.24, 2.45) is 0 Å². The maximum Gasteiger partial charge on any atom is 0.263 e. The first-order chi connectivity index (χ1) is 13.6. The summed E-state index contributed by atoms with van der Waals surface area (Å²) in [7, 11) is 1.62. The largest absolute Gasteiger partial charge is 0.497 e. The number of amides is 1. The third-order valence-electron chi connectivity index (χ3n) is 4.94. The van der Waals surface area contributed by atoms with Gasteiger partial charge in [-0.3, -0.25) is 14.2 Å². The van der Waals surface area contributed by atoms with Crippen molar-refractivity contribution < 1.29 is 14.3 Å². The molecule has 2 aromatic heterocycles. The molecular formula is C20H21N3O4S. The van der Waals surface area contributed by atoms with Gasteiger partial charge in [-0.1, -0.05) is 12.1 Å². The van der Waals surface area contributed by atoms with Crippen LogP contribution >= 0.6 is 11.3 Å². The van der Waals surface area contributed by atoms with Gasteiger partial charge in [-0.25, -0.2) is 4.98 Å². The first-order valence-electron chi connectivity index (χ1n) is 9.07. The summed E-state index contributed by atoms with van der Waals surface area (Å²) in [5, 5.41) is 2.49. The second kappa shape index (κ2) is 7.73. The molecule has 1 aliphatic heterocycles. The molecule has 3 heterocycles. The quantitative estimate of drug-likeness (QED) is 0.673. The lowest BCUT2D eigenvalue weighted by atomic mass is 10.1. The first-order valence-corrected chi connectivity index (χ1v) is 9.95. The molecule has 0 atom stereocenters. The number of fused-ring (bicyclic) bond motifs is 1. The molecule has 0 aliphatic carbocycles. The average Bonchev–Trinajstić information content (AvgIpc) is 3.15. The number of aromatic nitrogens is 2. The van der Waals surface area contributed by atoms with Gasteiger partial charge in [0.2, 0.25) is 5.91 Å². The Balaban J connectivity index is 1.73. The monoisotopic (exact) mass is 399 g/mol. The minimum atomic E-state index is -0.184. The SMILES string of the molecule is COc1ccc(-c2csc3nc(C)n(CC(=O)N4CCOCC4)c(=O)c23)cc1. The van der Waals surface area contributed by atoms with Gasteiger partial charge in [0.25, 0.3) is 5.56 Å². The van der Waals surface area contributed by atoms with E-state index in [1.54, 1.807) is 18.9 Å². The summed E-state index contributed by atoms with van der Waals surface area (Å²) in [6, 6.07) is 7.56. The molecule has 0 bridgehead atoms. The van der Waals surface area contributed by atoms with Gasteiger partial charge in [0, 0.05) is 24.0 Å². The molecule has 8 heteroatoms. The highest BCUT2D eigenvalue weighted by molar-refractivity contribution is 7.17. The fourth-order valence-corrected chi connectivity index (χ4v) is 4.33. The van der Waals surface area contributed by atoms with Gasteiger partial charge in [0.1, 0.15) is 22.9 Å². The predicted octanol–water partition coefficient (Wildman–Crippen LogP) is 2.30. The summed E-state index contributed by atoms with van der Waals surface area (Å²) in [4.78, 5) is 32.9. The van der Waals surface area contributed by atoms with Gasteiger partial charge in [-0.15, -0.1) is 11.3 Å². The second-order valence-corrected chi connectivity index (χ2v) is 7.46. The molecule has 0 unspecified atom stereocenters. The van der Waals surface area contributed by atoms with Crippen molar-refractivity contribution in [2.75, 3.05) is 33.4 Å². The van der Waals surface area contributed by atoms with Crippen molar-refractivity contribution in [3.63, 3.8) is 0 Å². The van der Waals surface area contributed by atoms with Crippen LogP contribution in [-0.2, 0) is 16.1 Å². The molecule has 4 rings (SSSR count). The van der Waals surface area contributed by atoms with Crippen molar-refractivity contribution >= 4 is 27.5 Å². The normalized spacial score (nSPS) is 14.4. The van der Waals surface area contributed by atoms with Crippen molar-refractivity contribution in [3.05, 3.63) is 45.8 Å². The maximum absolute atomic E-state index is 13.3. The summed E-state index contributed by atoms with van der Waals surface area (Å²) in [5.41, 5.74) is 1.56. The minimum absolute atomic E-state index is 0.00843. The van der Waals surface area contributed by atoms with Crippen LogP contribution in [0.25, 0.3) is 21.3 Å². The van der Waals surface area contributed by atoms with E-state index in [2.05, 4.69) is 4.98 Å². The molecule has 146 valence electrons. The summed E-state index contributed by atoms with van der Waals surface area (Å²) in [6.45, 7) is 3.92. The smallest absolute Gasteiger partial charge is 0.263 e. The van der Waals surface area contributed by atoms with E-state index < -0.39 is 0 Å². The van der Waals surface area contributed by atoms with Crippen LogP contribution in [0.5, 0.6) is 5.75 Å². The van der Waals surface area contributed by atoms with E-state index in [1.165, 1.54) is 15.9 Å². The Morgan fingerprint density at radius 3 is 2.64 bits per heavy atom. The fourth-order valence-electron chi connectivity index (χ4n) is 3.34. The number of methoxy groups -OCH3 is 1. The van der Waals surface area contributed by atoms with Crippen molar-refractivity contribution in [2.45, 2.75) is 13.5 Å². The molecule has 0 spiro atoms. The van der Waals surface area contributed by atoms with Crippen molar-refractivity contribution in [1.82, 2.24) is 14.5 Å². The molecule has 28 heavy (non-hydrogen) atoms. The highest BCUT2D eigenvalue weighted by Crippen LogP contribution is 2.32. The molecule has 0 N–H and O–H groups in total. The zero-order chi connectivity index (χ0) is 19.7. The lowest BCUT2D eigenvalue weighted by Gasteiger charge is -2.27. The summed E-state index contributed by atoms with van der Waals surface area (Å²) < 4.78 is 12.0. The van der Waals surface area contributed by atoms with Crippen molar-refractivity contribution in [1.29, 1.82) is 0 Å². The molecule has 0 saturated carbocycles. The van der Waals surface area contributed by atoms with E-state index in [9.17, 15) is 9.59 Å². The Morgan fingerprint density at radius 2 is 1.96 bits per heavy atom.